The van der Waals surface area contributed by atoms with Gasteiger partial charge in [0.05, 0.1) is 18.1 Å². The van der Waals surface area contributed by atoms with Crippen LogP contribution in [0.1, 0.15) is 12.6 Å². The molecule has 15 heavy (non-hydrogen) atoms. The molecule has 4 N–H and O–H groups in total. The van der Waals surface area contributed by atoms with Crippen LogP contribution in [0.15, 0.2) is 12.5 Å². The Hall–Kier alpha value is -1.69. The summed E-state index contributed by atoms with van der Waals surface area (Å²) < 4.78 is 0. The van der Waals surface area contributed by atoms with E-state index in [4.69, 9.17) is 5.73 Å². The number of H-pyrrole nitrogens is 1. The molecule has 0 fully saturated rings. The summed E-state index contributed by atoms with van der Waals surface area (Å²) in [6.45, 7) is 1.55. The zero-order chi connectivity index (χ0) is 11.3. The van der Waals surface area contributed by atoms with Crippen LogP contribution in [0.2, 0.25) is 0 Å². The number of aromatic amines is 1. The van der Waals surface area contributed by atoms with E-state index in [1.807, 2.05) is 0 Å². The van der Waals surface area contributed by atoms with Gasteiger partial charge in [0.2, 0.25) is 12.2 Å². The lowest BCUT2D eigenvalue weighted by Crippen LogP contribution is -2.45. The van der Waals surface area contributed by atoms with Crippen LogP contribution in [0.4, 0.5) is 0 Å². The monoisotopic (exact) mass is 209 g/mol. The highest BCUT2D eigenvalue weighted by Crippen LogP contribution is 1.96. The molecule has 2 atom stereocenters. The van der Waals surface area contributed by atoms with Crippen molar-refractivity contribution < 1.29 is 9.59 Å². The molecular weight excluding hydrogens is 196 g/mol. The van der Waals surface area contributed by atoms with Gasteiger partial charge in [-0.05, 0) is 6.92 Å². The summed E-state index contributed by atoms with van der Waals surface area (Å²) in [5.74, 6) is -0.376. The van der Waals surface area contributed by atoms with E-state index in [-0.39, 0.29) is 5.91 Å². The molecule has 6 heteroatoms. The van der Waals surface area contributed by atoms with Gasteiger partial charge in [-0.1, -0.05) is 0 Å². The van der Waals surface area contributed by atoms with Crippen LogP contribution in [0.3, 0.4) is 0 Å². The summed E-state index contributed by atoms with van der Waals surface area (Å²) >= 11 is 0. The van der Waals surface area contributed by atoms with E-state index in [1.54, 1.807) is 19.4 Å². The molecule has 0 unspecified atom stereocenters. The van der Waals surface area contributed by atoms with Gasteiger partial charge in [-0.25, -0.2) is 4.98 Å². The van der Waals surface area contributed by atoms with Crippen molar-refractivity contribution >= 4 is 12.2 Å². The molecule has 0 aliphatic carbocycles. The Balaban J connectivity index is 2.50. The number of carbonyl (C=O) groups excluding carboxylic acids is 2. The fraction of sp³-hybridized carbons (Fsp3) is 0.444. The van der Waals surface area contributed by atoms with Gasteiger partial charge in [0.15, 0.2) is 0 Å². The van der Waals surface area contributed by atoms with Crippen LogP contribution in [-0.4, -0.2) is 34.2 Å². The third kappa shape index (κ3) is 3.51. The standard InChI is InChI=1S/C9H13N4O2/c1-6(10)9(15)13-8(4-14)2-7-3-11-5-12-7/h3,5-6,8H,2,10H2,1H3,(H,11,12)(H,13,15)/t6-,8-/m1/s1. The maximum atomic E-state index is 11.2. The van der Waals surface area contributed by atoms with Gasteiger partial charge >= 0.3 is 0 Å². The van der Waals surface area contributed by atoms with Gasteiger partial charge in [0, 0.05) is 12.6 Å². The number of imidazole rings is 1. The summed E-state index contributed by atoms with van der Waals surface area (Å²) in [5.41, 5.74) is 6.04. The molecule has 81 valence electrons. The number of carbonyl (C=O) groups is 1. The molecule has 1 amide bonds. The first-order valence-electron chi connectivity index (χ1n) is 4.54. The normalized spacial score (nSPS) is 14.3. The van der Waals surface area contributed by atoms with Crippen molar-refractivity contribution in [1.29, 1.82) is 0 Å². The summed E-state index contributed by atoms with van der Waals surface area (Å²) in [5, 5.41) is 2.46. The van der Waals surface area contributed by atoms with E-state index in [1.165, 1.54) is 6.33 Å². The second-order valence-corrected chi connectivity index (χ2v) is 3.23. The summed E-state index contributed by atoms with van der Waals surface area (Å²) in [7, 11) is 0. The van der Waals surface area contributed by atoms with Crippen molar-refractivity contribution in [3.63, 3.8) is 0 Å². The number of hydrogen-bond donors (Lipinski definition) is 3. The fourth-order valence-corrected chi connectivity index (χ4v) is 1.04. The summed E-state index contributed by atoms with van der Waals surface area (Å²) in [6, 6.07) is -1.34. The van der Waals surface area contributed by atoms with E-state index in [0.717, 1.165) is 0 Å². The second-order valence-electron chi connectivity index (χ2n) is 3.23. The molecule has 1 aromatic rings. The lowest BCUT2D eigenvalue weighted by atomic mass is 10.2. The molecule has 0 aliphatic heterocycles. The lowest BCUT2D eigenvalue weighted by Gasteiger charge is -2.12. The minimum absolute atomic E-state index is 0.311. The molecule has 0 aromatic carbocycles. The predicted molar refractivity (Wildman–Crippen MR) is 53.6 cm³/mol. The van der Waals surface area contributed by atoms with Crippen LogP contribution < -0.4 is 11.1 Å². The van der Waals surface area contributed by atoms with Gasteiger partial charge in [-0.3, -0.25) is 9.59 Å². The number of hydrogen-bond acceptors (Lipinski definition) is 4. The number of nitrogens with zero attached hydrogens (tertiary/aromatic N) is 1. The van der Waals surface area contributed by atoms with Gasteiger partial charge in [-0.2, -0.15) is 0 Å². The van der Waals surface area contributed by atoms with E-state index in [0.29, 0.717) is 12.1 Å². The van der Waals surface area contributed by atoms with Crippen molar-refractivity contribution in [3.05, 3.63) is 18.2 Å². The van der Waals surface area contributed by atoms with Gasteiger partial charge < -0.3 is 16.0 Å². The number of nitrogens with one attached hydrogen (secondary N) is 2. The van der Waals surface area contributed by atoms with Crippen molar-refractivity contribution in [2.45, 2.75) is 25.4 Å². The summed E-state index contributed by atoms with van der Waals surface area (Å²) in [4.78, 5) is 28.5. The number of aromatic nitrogens is 2. The average Bonchev–Trinajstić information content (AvgIpc) is 2.69. The van der Waals surface area contributed by atoms with Crippen molar-refractivity contribution in [2.75, 3.05) is 0 Å². The molecule has 1 aromatic heterocycles. The highest BCUT2D eigenvalue weighted by Gasteiger charge is 2.16. The minimum atomic E-state index is -0.702. The largest absolute Gasteiger partial charge is 0.351 e. The van der Waals surface area contributed by atoms with E-state index >= 15 is 0 Å². The summed E-state index contributed by atoms with van der Waals surface area (Å²) in [6.07, 6.45) is 5.21. The van der Waals surface area contributed by atoms with Crippen molar-refractivity contribution in [3.8, 4) is 0 Å². The topological polar surface area (TPSA) is 101 Å². The van der Waals surface area contributed by atoms with Gasteiger partial charge in [0.1, 0.15) is 6.04 Å². The molecule has 0 saturated carbocycles. The van der Waals surface area contributed by atoms with E-state index < -0.39 is 12.1 Å². The smallest absolute Gasteiger partial charge is 0.237 e. The number of amides is 1. The van der Waals surface area contributed by atoms with E-state index in [2.05, 4.69) is 15.3 Å². The number of nitrogens with two attached hydrogens (primary N) is 1. The van der Waals surface area contributed by atoms with Crippen LogP contribution in [0.5, 0.6) is 0 Å². The molecule has 0 saturated heterocycles. The molecule has 0 spiro atoms. The third-order valence-electron chi connectivity index (χ3n) is 1.84. The Bertz CT molecular complexity index is 321. The minimum Gasteiger partial charge on any atom is -0.351 e. The van der Waals surface area contributed by atoms with Crippen molar-refractivity contribution in [2.24, 2.45) is 5.73 Å². The molecular formula is C9H13N4O2. The van der Waals surface area contributed by atoms with Crippen LogP contribution >= 0.6 is 0 Å². The van der Waals surface area contributed by atoms with Crippen LogP contribution in [0.25, 0.3) is 0 Å². The fourth-order valence-electron chi connectivity index (χ4n) is 1.04. The Morgan fingerprint density at radius 2 is 2.53 bits per heavy atom. The van der Waals surface area contributed by atoms with Crippen LogP contribution in [0, 0.1) is 0 Å². The highest BCUT2D eigenvalue weighted by atomic mass is 16.2. The van der Waals surface area contributed by atoms with Gasteiger partial charge in [-0.15, -0.1) is 0 Å². The Kier molecular flexibility index (Phi) is 3.99. The average molecular weight is 209 g/mol. The van der Waals surface area contributed by atoms with Crippen LogP contribution in [-0.2, 0) is 16.0 Å². The first-order chi connectivity index (χ1) is 7.13. The zero-order valence-corrected chi connectivity index (χ0v) is 8.36. The first kappa shape index (κ1) is 11.4. The van der Waals surface area contributed by atoms with Gasteiger partial charge in [0.25, 0.3) is 0 Å². The molecule has 1 rings (SSSR count). The van der Waals surface area contributed by atoms with E-state index in [9.17, 15) is 9.59 Å². The maximum Gasteiger partial charge on any atom is 0.237 e. The highest BCUT2D eigenvalue weighted by molar-refractivity contribution is 5.83. The second kappa shape index (κ2) is 5.26. The Morgan fingerprint density at radius 1 is 1.80 bits per heavy atom. The maximum absolute atomic E-state index is 11.2. The van der Waals surface area contributed by atoms with Crippen molar-refractivity contribution in [1.82, 2.24) is 15.3 Å². The quantitative estimate of drug-likeness (QED) is 0.572. The predicted octanol–water partition coefficient (Wildman–Crippen LogP) is -1.11. The third-order valence-corrected chi connectivity index (χ3v) is 1.84. The molecule has 1 radical (unpaired) electrons. The molecule has 0 bridgehead atoms. The Morgan fingerprint density at radius 3 is 3.00 bits per heavy atom. The molecule has 0 aliphatic rings. The lowest BCUT2D eigenvalue weighted by molar-refractivity contribution is -0.122. The molecule has 1 heterocycles. The molecule has 6 nitrogen and oxygen atoms in total. The Labute approximate surface area is 87.3 Å². The number of rotatable bonds is 5. The SMILES string of the molecule is C[C@@H](N)C(=O)N[C@@H]([C]=O)Cc1c[nH]cn1. The zero-order valence-electron chi connectivity index (χ0n) is 8.36. The first-order valence-corrected chi connectivity index (χ1v) is 4.54.